The van der Waals surface area contributed by atoms with Gasteiger partial charge in [0.25, 0.3) is 11.5 Å². The molecule has 4 aromatic rings. The van der Waals surface area contributed by atoms with Gasteiger partial charge in [0, 0.05) is 22.6 Å². The monoisotopic (exact) mass is 482 g/mol. The number of carbonyl (C=O) groups excluding carboxylic acids is 2. The van der Waals surface area contributed by atoms with E-state index in [2.05, 4.69) is 15.4 Å². The van der Waals surface area contributed by atoms with Gasteiger partial charge in [0.15, 0.2) is 0 Å². The number of aromatic nitrogens is 3. The molecule has 1 N–H and O–H groups in total. The molecule has 0 fully saturated rings. The molecule has 0 atom stereocenters. The summed E-state index contributed by atoms with van der Waals surface area (Å²) in [5.41, 5.74) is 0.846. The molecule has 33 heavy (non-hydrogen) atoms. The average molecular weight is 483 g/mol. The van der Waals surface area contributed by atoms with Crippen molar-refractivity contribution in [2.24, 2.45) is 0 Å². The maximum atomic E-state index is 12.7. The molecular formula is C23H19ClN4O4S. The maximum Gasteiger partial charge on any atom is 0.340 e. The lowest BCUT2D eigenvalue weighted by Crippen LogP contribution is -2.18. The highest BCUT2D eigenvalue weighted by atomic mass is 35.5. The maximum absolute atomic E-state index is 12.7. The fourth-order valence-corrected chi connectivity index (χ4v) is 4.01. The van der Waals surface area contributed by atoms with Crippen molar-refractivity contribution in [3.05, 3.63) is 91.8 Å². The second kappa shape index (κ2) is 9.51. The van der Waals surface area contributed by atoms with Crippen molar-refractivity contribution in [1.82, 2.24) is 14.6 Å². The second-order valence-corrected chi connectivity index (χ2v) is 8.88. The van der Waals surface area contributed by atoms with Gasteiger partial charge in [-0.2, -0.15) is 9.61 Å². The molecule has 8 nitrogen and oxygen atoms in total. The summed E-state index contributed by atoms with van der Waals surface area (Å²) in [5.74, 6) is -0.883. The first-order chi connectivity index (χ1) is 15.8. The van der Waals surface area contributed by atoms with Gasteiger partial charge < -0.3 is 10.1 Å². The van der Waals surface area contributed by atoms with E-state index in [0.717, 1.165) is 5.01 Å². The Morgan fingerprint density at radius 1 is 1.15 bits per heavy atom. The van der Waals surface area contributed by atoms with Crippen molar-refractivity contribution in [2.75, 3.05) is 5.32 Å². The molecule has 0 radical (unpaired) electrons. The number of fused-ring (bicyclic) bond motifs is 1. The van der Waals surface area contributed by atoms with Crippen LogP contribution in [0.3, 0.4) is 0 Å². The number of esters is 1. The molecule has 10 heteroatoms. The molecule has 0 spiro atoms. The Morgan fingerprint density at radius 2 is 1.88 bits per heavy atom. The number of ether oxygens (including phenoxy) is 1. The van der Waals surface area contributed by atoms with Gasteiger partial charge in [0.1, 0.15) is 11.6 Å². The van der Waals surface area contributed by atoms with E-state index < -0.39 is 11.9 Å². The van der Waals surface area contributed by atoms with E-state index in [1.807, 2.05) is 13.8 Å². The van der Waals surface area contributed by atoms with Gasteiger partial charge >= 0.3 is 5.97 Å². The smallest absolute Gasteiger partial charge is 0.340 e. The lowest BCUT2D eigenvalue weighted by molar-refractivity contribution is 0.0469. The molecule has 0 saturated carbocycles. The number of benzene rings is 2. The van der Waals surface area contributed by atoms with Gasteiger partial charge in [-0.3, -0.25) is 9.59 Å². The number of rotatable bonds is 6. The predicted octanol–water partition coefficient (Wildman–Crippen LogP) is 4.54. The van der Waals surface area contributed by atoms with Crippen molar-refractivity contribution in [3.63, 3.8) is 0 Å². The summed E-state index contributed by atoms with van der Waals surface area (Å²) in [7, 11) is 0. The Labute approximate surface area is 197 Å². The van der Waals surface area contributed by atoms with Crippen LogP contribution in [0.15, 0.2) is 59.4 Å². The first-order valence-electron chi connectivity index (χ1n) is 10.0. The van der Waals surface area contributed by atoms with E-state index in [9.17, 15) is 14.4 Å². The Morgan fingerprint density at radius 3 is 2.61 bits per heavy atom. The van der Waals surface area contributed by atoms with E-state index in [-0.39, 0.29) is 23.6 Å². The minimum absolute atomic E-state index is 0.164. The van der Waals surface area contributed by atoms with Crippen LogP contribution in [-0.2, 0) is 11.3 Å². The molecule has 0 aliphatic heterocycles. The summed E-state index contributed by atoms with van der Waals surface area (Å²) in [4.78, 5) is 42.4. The Balaban J connectivity index is 1.50. The van der Waals surface area contributed by atoms with Crippen molar-refractivity contribution < 1.29 is 14.3 Å². The van der Waals surface area contributed by atoms with Gasteiger partial charge in [-0.15, -0.1) is 0 Å². The Hall–Kier alpha value is -3.56. The van der Waals surface area contributed by atoms with E-state index in [4.69, 9.17) is 16.3 Å². The number of nitrogens with one attached hydrogen (secondary N) is 1. The number of hydrogen-bond donors (Lipinski definition) is 1. The zero-order valence-corrected chi connectivity index (χ0v) is 19.3. The van der Waals surface area contributed by atoms with E-state index >= 15 is 0 Å². The molecule has 0 bridgehead atoms. The minimum atomic E-state index is -0.656. The summed E-state index contributed by atoms with van der Waals surface area (Å²) in [6.07, 6.45) is 0. The molecule has 0 unspecified atom stereocenters. The van der Waals surface area contributed by atoms with Crippen LogP contribution in [0.25, 0.3) is 4.96 Å². The number of para-hydroxylation sites is 1. The highest BCUT2D eigenvalue weighted by molar-refractivity contribution is 7.16. The average Bonchev–Trinajstić information content (AvgIpc) is 3.23. The van der Waals surface area contributed by atoms with Gasteiger partial charge in [-0.25, -0.2) is 9.78 Å². The number of nitrogens with zero attached hydrogens (tertiary/aromatic N) is 3. The standard InChI is InChI=1S/C23H19ClN4O4S/c1-13(2)21-27-28-19(29)11-16(25-23(28)33-21)12-32-22(31)17-5-3-4-6-18(17)26-20(30)14-7-9-15(24)10-8-14/h3-11,13H,12H2,1-2H3,(H,26,30). The third kappa shape index (κ3) is 5.10. The van der Waals surface area contributed by atoms with Crippen molar-refractivity contribution in [3.8, 4) is 0 Å². The van der Waals surface area contributed by atoms with Crippen LogP contribution in [0.5, 0.6) is 0 Å². The largest absolute Gasteiger partial charge is 0.456 e. The van der Waals surface area contributed by atoms with Crippen LogP contribution < -0.4 is 10.9 Å². The number of halogens is 1. The van der Waals surface area contributed by atoms with Crippen LogP contribution in [0, 0.1) is 0 Å². The third-order valence-corrected chi connectivity index (χ3v) is 6.12. The molecule has 0 aliphatic carbocycles. The SMILES string of the molecule is CC(C)c1nn2c(=O)cc(COC(=O)c3ccccc3NC(=O)c3ccc(Cl)cc3)nc2s1. The quantitative estimate of drug-likeness (QED) is 0.405. The van der Waals surface area contributed by atoms with E-state index in [1.54, 1.807) is 48.5 Å². The van der Waals surface area contributed by atoms with Gasteiger partial charge in [0.05, 0.1) is 16.9 Å². The highest BCUT2D eigenvalue weighted by Gasteiger charge is 2.17. The summed E-state index contributed by atoms with van der Waals surface area (Å²) in [5, 5.41) is 8.29. The summed E-state index contributed by atoms with van der Waals surface area (Å²) >= 11 is 7.18. The zero-order chi connectivity index (χ0) is 23.5. The lowest BCUT2D eigenvalue weighted by atomic mass is 10.1. The third-order valence-electron chi connectivity index (χ3n) is 4.66. The molecule has 2 heterocycles. The molecule has 2 aromatic carbocycles. The van der Waals surface area contributed by atoms with E-state index in [0.29, 0.717) is 26.9 Å². The van der Waals surface area contributed by atoms with Crippen LogP contribution in [0.4, 0.5) is 5.69 Å². The number of carbonyl (C=O) groups is 2. The summed E-state index contributed by atoms with van der Waals surface area (Å²) in [6.45, 7) is 3.77. The lowest BCUT2D eigenvalue weighted by Gasteiger charge is -2.11. The van der Waals surface area contributed by atoms with Crippen molar-refractivity contribution in [1.29, 1.82) is 0 Å². The highest BCUT2D eigenvalue weighted by Crippen LogP contribution is 2.21. The molecule has 2 aromatic heterocycles. The summed E-state index contributed by atoms with van der Waals surface area (Å²) in [6, 6.07) is 14.2. The van der Waals surface area contributed by atoms with Gasteiger partial charge in [0.2, 0.25) is 4.96 Å². The van der Waals surface area contributed by atoms with Crippen molar-refractivity contribution in [2.45, 2.75) is 26.4 Å². The van der Waals surface area contributed by atoms with Crippen molar-refractivity contribution >= 4 is 45.5 Å². The second-order valence-electron chi connectivity index (χ2n) is 7.46. The molecule has 0 saturated heterocycles. The fraction of sp³-hybridized carbons (Fsp3) is 0.174. The van der Waals surface area contributed by atoms with Crippen LogP contribution >= 0.6 is 22.9 Å². The number of amides is 1. The number of anilines is 1. The number of hydrogen-bond acceptors (Lipinski definition) is 7. The Kier molecular flexibility index (Phi) is 6.52. The molecule has 1 amide bonds. The molecular weight excluding hydrogens is 464 g/mol. The normalized spacial score (nSPS) is 11.0. The first-order valence-corrected chi connectivity index (χ1v) is 11.2. The minimum Gasteiger partial charge on any atom is -0.456 e. The van der Waals surface area contributed by atoms with Crippen LogP contribution in [0.1, 0.15) is 51.2 Å². The molecule has 0 aliphatic rings. The van der Waals surface area contributed by atoms with E-state index in [1.165, 1.54) is 21.9 Å². The molecule has 168 valence electrons. The first kappa shape index (κ1) is 22.6. The van der Waals surface area contributed by atoms with Gasteiger partial charge in [-0.1, -0.05) is 48.9 Å². The van der Waals surface area contributed by atoms with Gasteiger partial charge in [-0.05, 0) is 36.4 Å². The Bertz CT molecular complexity index is 1400. The predicted molar refractivity (Wildman–Crippen MR) is 126 cm³/mol. The summed E-state index contributed by atoms with van der Waals surface area (Å²) < 4.78 is 6.62. The topological polar surface area (TPSA) is 103 Å². The van der Waals surface area contributed by atoms with Crippen LogP contribution in [-0.4, -0.2) is 26.5 Å². The fourth-order valence-electron chi connectivity index (χ4n) is 2.96. The zero-order valence-electron chi connectivity index (χ0n) is 17.7. The molecule has 4 rings (SSSR count). The van der Waals surface area contributed by atoms with Crippen LogP contribution in [0.2, 0.25) is 5.02 Å².